The number of benzene rings is 1. The minimum atomic E-state index is -0.284. The van der Waals surface area contributed by atoms with E-state index in [0.29, 0.717) is 12.8 Å². The van der Waals surface area contributed by atoms with Crippen molar-refractivity contribution in [3.63, 3.8) is 0 Å². The summed E-state index contributed by atoms with van der Waals surface area (Å²) in [6.45, 7) is 6.08. The average Bonchev–Trinajstić information content (AvgIpc) is 2.80. The van der Waals surface area contributed by atoms with Crippen LogP contribution in [-0.4, -0.2) is 26.0 Å². The van der Waals surface area contributed by atoms with Gasteiger partial charge in [0.15, 0.2) is 11.5 Å². The number of nitrogens with one attached hydrogen (secondary N) is 1. The summed E-state index contributed by atoms with van der Waals surface area (Å²) in [7, 11) is 0. The summed E-state index contributed by atoms with van der Waals surface area (Å²) < 4.78 is 16.7. The van der Waals surface area contributed by atoms with Crippen LogP contribution in [0.2, 0.25) is 0 Å². The van der Waals surface area contributed by atoms with Gasteiger partial charge in [0.1, 0.15) is 5.60 Å². The Morgan fingerprint density at radius 1 is 1.29 bits per heavy atom. The highest BCUT2D eigenvalue weighted by molar-refractivity contribution is 5.46. The minimum Gasteiger partial charge on any atom is -0.454 e. The molecule has 3 rings (SSSR count). The van der Waals surface area contributed by atoms with Crippen molar-refractivity contribution in [1.82, 2.24) is 5.32 Å². The first-order chi connectivity index (χ1) is 8.17. The van der Waals surface area contributed by atoms with Gasteiger partial charge >= 0.3 is 0 Å². The average molecular weight is 235 g/mol. The molecule has 0 spiro atoms. The summed E-state index contributed by atoms with van der Waals surface area (Å²) in [5.74, 6) is 1.63. The van der Waals surface area contributed by atoms with Gasteiger partial charge in [-0.05, 0) is 31.5 Å². The second kappa shape index (κ2) is 3.89. The zero-order valence-corrected chi connectivity index (χ0v) is 10.2. The van der Waals surface area contributed by atoms with Gasteiger partial charge in [-0.1, -0.05) is 6.07 Å². The summed E-state index contributed by atoms with van der Waals surface area (Å²) in [6.07, 6.45) is 0. The quantitative estimate of drug-likeness (QED) is 0.803. The molecular formula is C13H17NO3. The van der Waals surface area contributed by atoms with Crippen molar-refractivity contribution in [2.45, 2.75) is 25.5 Å². The number of hydrogen-bond donors (Lipinski definition) is 1. The molecule has 0 amide bonds. The Kier molecular flexibility index (Phi) is 2.49. The van der Waals surface area contributed by atoms with E-state index >= 15 is 0 Å². The molecule has 0 bridgehead atoms. The molecule has 17 heavy (non-hydrogen) atoms. The number of morpholine rings is 1. The molecular weight excluding hydrogens is 218 g/mol. The molecule has 2 aliphatic rings. The third kappa shape index (κ3) is 1.87. The first-order valence-corrected chi connectivity index (χ1v) is 5.95. The van der Waals surface area contributed by atoms with E-state index in [4.69, 9.17) is 14.2 Å². The highest BCUT2D eigenvalue weighted by Gasteiger charge is 2.33. The van der Waals surface area contributed by atoms with Crippen molar-refractivity contribution >= 4 is 0 Å². The second-order valence-electron chi connectivity index (χ2n) is 4.89. The van der Waals surface area contributed by atoms with Crippen LogP contribution in [0.15, 0.2) is 18.2 Å². The lowest BCUT2D eigenvalue weighted by Gasteiger charge is -2.37. The Bertz CT molecular complexity index is 425. The van der Waals surface area contributed by atoms with Crippen molar-refractivity contribution in [2.24, 2.45) is 0 Å². The molecule has 0 aliphatic carbocycles. The smallest absolute Gasteiger partial charge is 0.231 e. The van der Waals surface area contributed by atoms with Gasteiger partial charge in [-0.15, -0.1) is 0 Å². The summed E-state index contributed by atoms with van der Waals surface area (Å²) in [5.41, 5.74) is 0.842. The molecule has 0 saturated carbocycles. The van der Waals surface area contributed by atoms with Crippen LogP contribution in [0, 0.1) is 0 Å². The molecule has 2 aliphatic heterocycles. The van der Waals surface area contributed by atoms with E-state index in [1.807, 2.05) is 18.2 Å². The SMILES string of the molecule is CC1COC(C)(c2ccc3c(c2)OCO3)CN1. The van der Waals surface area contributed by atoms with E-state index in [-0.39, 0.29) is 5.60 Å². The molecule has 2 atom stereocenters. The van der Waals surface area contributed by atoms with Crippen LogP contribution in [0.1, 0.15) is 19.4 Å². The Balaban J connectivity index is 1.88. The third-order valence-corrected chi connectivity index (χ3v) is 3.42. The van der Waals surface area contributed by atoms with Crippen molar-refractivity contribution in [3.05, 3.63) is 23.8 Å². The van der Waals surface area contributed by atoms with Gasteiger partial charge < -0.3 is 19.5 Å². The number of ether oxygens (including phenoxy) is 3. The van der Waals surface area contributed by atoms with Crippen molar-refractivity contribution in [3.8, 4) is 11.5 Å². The zero-order valence-electron chi connectivity index (χ0n) is 10.2. The molecule has 2 heterocycles. The van der Waals surface area contributed by atoms with E-state index < -0.39 is 0 Å². The normalized spacial score (nSPS) is 31.5. The maximum absolute atomic E-state index is 5.96. The predicted molar refractivity (Wildman–Crippen MR) is 63.3 cm³/mol. The van der Waals surface area contributed by atoms with Crippen LogP contribution < -0.4 is 14.8 Å². The van der Waals surface area contributed by atoms with Gasteiger partial charge in [-0.25, -0.2) is 0 Å². The van der Waals surface area contributed by atoms with Crippen LogP contribution in [-0.2, 0) is 10.3 Å². The standard InChI is InChI=1S/C13H17NO3/c1-9-6-17-13(2,7-14-9)10-3-4-11-12(5-10)16-8-15-11/h3-5,9,14H,6-8H2,1-2H3. The maximum Gasteiger partial charge on any atom is 0.231 e. The van der Waals surface area contributed by atoms with Gasteiger partial charge in [-0.2, -0.15) is 0 Å². The van der Waals surface area contributed by atoms with Crippen LogP contribution in [0.4, 0.5) is 0 Å². The molecule has 4 heteroatoms. The Morgan fingerprint density at radius 3 is 2.88 bits per heavy atom. The molecule has 0 radical (unpaired) electrons. The number of fused-ring (bicyclic) bond motifs is 1. The summed E-state index contributed by atoms with van der Waals surface area (Å²) in [5, 5.41) is 3.44. The van der Waals surface area contributed by atoms with Crippen LogP contribution in [0.3, 0.4) is 0 Å². The number of rotatable bonds is 1. The van der Waals surface area contributed by atoms with E-state index in [1.165, 1.54) is 0 Å². The van der Waals surface area contributed by atoms with E-state index in [0.717, 1.165) is 30.2 Å². The van der Waals surface area contributed by atoms with Gasteiger partial charge in [0.2, 0.25) is 6.79 Å². The lowest BCUT2D eigenvalue weighted by molar-refractivity contribution is -0.0729. The van der Waals surface area contributed by atoms with Gasteiger partial charge in [0.25, 0.3) is 0 Å². The molecule has 2 unspecified atom stereocenters. The largest absolute Gasteiger partial charge is 0.454 e. The fraction of sp³-hybridized carbons (Fsp3) is 0.538. The van der Waals surface area contributed by atoms with Crippen molar-refractivity contribution in [2.75, 3.05) is 19.9 Å². The zero-order chi connectivity index (χ0) is 11.9. The Hall–Kier alpha value is -1.26. The summed E-state index contributed by atoms with van der Waals surface area (Å²) in [4.78, 5) is 0. The van der Waals surface area contributed by atoms with Gasteiger partial charge in [0.05, 0.1) is 6.61 Å². The fourth-order valence-electron chi connectivity index (χ4n) is 2.20. The first kappa shape index (κ1) is 10.9. The molecule has 1 fully saturated rings. The van der Waals surface area contributed by atoms with Gasteiger partial charge in [0, 0.05) is 12.6 Å². The minimum absolute atomic E-state index is 0.284. The van der Waals surface area contributed by atoms with Crippen LogP contribution >= 0.6 is 0 Å². The van der Waals surface area contributed by atoms with Crippen LogP contribution in [0.5, 0.6) is 11.5 Å². The summed E-state index contributed by atoms with van der Waals surface area (Å²) in [6, 6.07) is 6.42. The molecule has 1 aromatic carbocycles. The van der Waals surface area contributed by atoms with E-state index in [1.54, 1.807) is 0 Å². The molecule has 92 valence electrons. The highest BCUT2D eigenvalue weighted by Crippen LogP contribution is 2.37. The molecule has 1 saturated heterocycles. The first-order valence-electron chi connectivity index (χ1n) is 5.95. The lowest BCUT2D eigenvalue weighted by atomic mass is 9.93. The van der Waals surface area contributed by atoms with E-state index in [2.05, 4.69) is 19.2 Å². The summed E-state index contributed by atoms with van der Waals surface area (Å²) >= 11 is 0. The molecule has 0 aromatic heterocycles. The van der Waals surface area contributed by atoms with Crippen molar-refractivity contribution in [1.29, 1.82) is 0 Å². The lowest BCUT2D eigenvalue weighted by Crippen LogP contribution is -2.50. The highest BCUT2D eigenvalue weighted by atomic mass is 16.7. The van der Waals surface area contributed by atoms with Crippen LogP contribution in [0.25, 0.3) is 0 Å². The Labute approximate surface area is 101 Å². The second-order valence-corrected chi connectivity index (χ2v) is 4.89. The number of hydrogen-bond acceptors (Lipinski definition) is 4. The molecule has 1 aromatic rings. The van der Waals surface area contributed by atoms with Crippen molar-refractivity contribution < 1.29 is 14.2 Å². The molecule has 1 N–H and O–H groups in total. The molecule has 4 nitrogen and oxygen atoms in total. The Morgan fingerprint density at radius 2 is 2.12 bits per heavy atom. The fourth-order valence-corrected chi connectivity index (χ4v) is 2.20. The third-order valence-electron chi connectivity index (χ3n) is 3.42. The predicted octanol–water partition coefficient (Wildman–Crippen LogP) is 1.64. The van der Waals surface area contributed by atoms with E-state index in [9.17, 15) is 0 Å². The topological polar surface area (TPSA) is 39.7 Å². The monoisotopic (exact) mass is 235 g/mol. The maximum atomic E-state index is 5.96. The van der Waals surface area contributed by atoms with Gasteiger partial charge in [-0.3, -0.25) is 0 Å².